The highest BCUT2D eigenvalue weighted by Gasteiger charge is 2.23. The summed E-state index contributed by atoms with van der Waals surface area (Å²) in [7, 11) is 1.53. The molecule has 0 saturated carbocycles. The van der Waals surface area contributed by atoms with Crippen molar-refractivity contribution < 1.29 is 24.0 Å². The molecule has 0 aliphatic heterocycles. The lowest BCUT2D eigenvalue weighted by Crippen LogP contribution is -2.35. The van der Waals surface area contributed by atoms with Gasteiger partial charge >= 0.3 is 5.97 Å². The summed E-state index contributed by atoms with van der Waals surface area (Å²) in [5.41, 5.74) is 0.977. The van der Waals surface area contributed by atoms with Crippen LogP contribution in [0.15, 0.2) is 48.5 Å². The fourth-order valence-electron chi connectivity index (χ4n) is 2.46. The van der Waals surface area contributed by atoms with Gasteiger partial charge in [-0.3, -0.25) is 14.9 Å². The van der Waals surface area contributed by atoms with Gasteiger partial charge < -0.3 is 20.1 Å². The van der Waals surface area contributed by atoms with Crippen molar-refractivity contribution in [2.24, 2.45) is 0 Å². The third kappa shape index (κ3) is 6.58. The van der Waals surface area contributed by atoms with Crippen molar-refractivity contribution in [3.05, 3.63) is 69.8 Å². The van der Waals surface area contributed by atoms with Crippen LogP contribution in [0.2, 0.25) is 0 Å². The van der Waals surface area contributed by atoms with Crippen LogP contribution < -0.4 is 10.6 Å². The number of amides is 1. The zero-order valence-corrected chi connectivity index (χ0v) is 16.2. The molecule has 0 bridgehead atoms. The molecule has 2 aromatic carbocycles. The number of esters is 1. The number of hydrogen-bond acceptors (Lipinski definition) is 7. The number of anilines is 1. The molecule has 9 nitrogen and oxygen atoms in total. The van der Waals surface area contributed by atoms with Crippen LogP contribution in [-0.2, 0) is 20.8 Å². The van der Waals surface area contributed by atoms with Crippen molar-refractivity contribution >= 4 is 23.3 Å². The quantitative estimate of drug-likeness (QED) is 0.272. The number of benzene rings is 2. The molecule has 0 aromatic heterocycles. The molecular weight excluding hydrogens is 378 g/mol. The first-order valence-corrected chi connectivity index (χ1v) is 8.96. The number of nitro benzene ring substituents is 1. The standard InChI is InChI=1S/C20H23N3O6/c1-14(19(24)22-13-15-6-4-3-5-7-15)29-20(25)17-12-16(23(26)27)8-9-18(17)21-10-11-28-2/h3-9,12,14,21H,10-11,13H2,1-2H3,(H,22,24)/t14-/m0/s1. The van der Waals surface area contributed by atoms with Gasteiger partial charge in [0.05, 0.1) is 17.1 Å². The summed E-state index contributed by atoms with van der Waals surface area (Å²) in [6, 6.07) is 13.1. The average Bonchev–Trinajstić information content (AvgIpc) is 2.72. The Morgan fingerprint density at radius 2 is 1.90 bits per heavy atom. The minimum atomic E-state index is -1.07. The number of ether oxygens (including phenoxy) is 2. The fourth-order valence-corrected chi connectivity index (χ4v) is 2.46. The second-order valence-corrected chi connectivity index (χ2v) is 6.16. The maximum Gasteiger partial charge on any atom is 0.341 e. The Kier molecular flexibility index (Phi) is 8.11. The van der Waals surface area contributed by atoms with Crippen LogP contribution in [0, 0.1) is 10.1 Å². The second-order valence-electron chi connectivity index (χ2n) is 6.16. The van der Waals surface area contributed by atoms with E-state index in [1.807, 2.05) is 30.3 Å². The lowest BCUT2D eigenvalue weighted by atomic mass is 10.1. The Bertz CT molecular complexity index is 857. The smallest absolute Gasteiger partial charge is 0.341 e. The monoisotopic (exact) mass is 401 g/mol. The Morgan fingerprint density at radius 3 is 2.55 bits per heavy atom. The summed E-state index contributed by atoms with van der Waals surface area (Å²) in [6.07, 6.45) is -1.07. The molecule has 0 spiro atoms. The first-order valence-electron chi connectivity index (χ1n) is 8.96. The summed E-state index contributed by atoms with van der Waals surface area (Å²) in [5.74, 6) is -1.31. The van der Waals surface area contributed by atoms with Crippen LogP contribution in [0.5, 0.6) is 0 Å². The Labute approximate surface area is 168 Å². The summed E-state index contributed by atoms with van der Waals surface area (Å²) in [4.78, 5) is 35.2. The van der Waals surface area contributed by atoms with Crippen LogP contribution in [-0.4, -0.2) is 43.2 Å². The van der Waals surface area contributed by atoms with Gasteiger partial charge in [0.1, 0.15) is 0 Å². The van der Waals surface area contributed by atoms with Crippen molar-refractivity contribution in [1.29, 1.82) is 0 Å². The van der Waals surface area contributed by atoms with E-state index in [1.165, 1.54) is 26.2 Å². The van der Waals surface area contributed by atoms with E-state index in [2.05, 4.69) is 10.6 Å². The molecule has 2 aromatic rings. The van der Waals surface area contributed by atoms with E-state index in [1.54, 1.807) is 0 Å². The number of non-ortho nitro benzene ring substituents is 1. The van der Waals surface area contributed by atoms with Crippen molar-refractivity contribution in [3.63, 3.8) is 0 Å². The van der Waals surface area contributed by atoms with E-state index in [-0.39, 0.29) is 11.3 Å². The highest BCUT2D eigenvalue weighted by molar-refractivity contribution is 5.98. The molecule has 9 heteroatoms. The molecule has 0 heterocycles. The number of carbonyl (C=O) groups is 2. The molecule has 0 fully saturated rings. The maximum atomic E-state index is 12.6. The molecular formula is C20H23N3O6. The van der Waals surface area contributed by atoms with Crippen molar-refractivity contribution in [2.45, 2.75) is 19.6 Å². The van der Waals surface area contributed by atoms with Gasteiger partial charge in [0.25, 0.3) is 11.6 Å². The number of nitrogens with one attached hydrogen (secondary N) is 2. The minimum Gasteiger partial charge on any atom is -0.449 e. The summed E-state index contributed by atoms with van der Waals surface area (Å²) in [5, 5.41) is 16.7. The second kappa shape index (κ2) is 10.8. The van der Waals surface area contributed by atoms with Gasteiger partial charge in [-0.1, -0.05) is 30.3 Å². The normalized spacial score (nSPS) is 11.4. The Morgan fingerprint density at radius 1 is 1.17 bits per heavy atom. The van der Waals surface area contributed by atoms with Crippen molar-refractivity contribution in [1.82, 2.24) is 5.32 Å². The van der Waals surface area contributed by atoms with Crippen LogP contribution >= 0.6 is 0 Å². The average molecular weight is 401 g/mol. The van der Waals surface area contributed by atoms with Gasteiger partial charge in [-0.15, -0.1) is 0 Å². The van der Waals surface area contributed by atoms with E-state index >= 15 is 0 Å². The molecule has 0 unspecified atom stereocenters. The molecule has 0 radical (unpaired) electrons. The third-order valence-electron chi connectivity index (χ3n) is 4.02. The highest BCUT2D eigenvalue weighted by Crippen LogP contribution is 2.23. The zero-order valence-electron chi connectivity index (χ0n) is 16.2. The first-order chi connectivity index (χ1) is 13.9. The van der Waals surface area contributed by atoms with Gasteiger partial charge in [-0.2, -0.15) is 0 Å². The maximum absolute atomic E-state index is 12.6. The molecule has 29 heavy (non-hydrogen) atoms. The number of nitrogens with zero attached hydrogens (tertiary/aromatic N) is 1. The minimum absolute atomic E-state index is 0.0296. The van der Waals surface area contributed by atoms with Gasteiger partial charge in [0.15, 0.2) is 6.10 Å². The first kappa shape index (κ1) is 21.8. The van der Waals surface area contributed by atoms with Gasteiger partial charge in [0, 0.05) is 38.0 Å². The van der Waals surface area contributed by atoms with Crippen LogP contribution in [0.3, 0.4) is 0 Å². The summed E-state index contributed by atoms with van der Waals surface area (Å²) < 4.78 is 10.2. The SMILES string of the molecule is COCCNc1ccc([N+](=O)[O-])cc1C(=O)O[C@@H](C)C(=O)NCc1ccccc1. The van der Waals surface area contributed by atoms with E-state index in [0.29, 0.717) is 25.4 Å². The highest BCUT2D eigenvalue weighted by atomic mass is 16.6. The number of carbonyl (C=O) groups excluding carboxylic acids is 2. The van der Waals surface area contributed by atoms with Crippen LogP contribution in [0.1, 0.15) is 22.8 Å². The van der Waals surface area contributed by atoms with Gasteiger partial charge in [0.2, 0.25) is 0 Å². The molecule has 154 valence electrons. The van der Waals surface area contributed by atoms with Crippen molar-refractivity contribution in [2.75, 3.05) is 25.6 Å². The number of rotatable bonds is 10. The van der Waals surface area contributed by atoms with Crippen molar-refractivity contribution in [3.8, 4) is 0 Å². The van der Waals surface area contributed by atoms with E-state index in [0.717, 1.165) is 11.6 Å². The molecule has 2 rings (SSSR count). The fraction of sp³-hybridized carbons (Fsp3) is 0.300. The molecule has 1 atom stereocenters. The summed E-state index contributed by atoms with van der Waals surface area (Å²) >= 11 is 0. The topological polar surface area (TPSA) is 120 Å². The zero-order chi connectivity index (χ0) is 21.2. The Hall–Kier alpha value is -3.46. The van der Waals surface area contributed by atoms with Crippen LogP contribution in [0.25, 0.3) is 0 Å². The third-order valence-corrected chi connectivity index (χ3v) is 4.02. The van der Waals surface area contributed by atoms with E-state index < -0.39 is 22.9 Å². The molecule has 2 N–H and O–H groups in total. The predicted octanol–water partition coefficient (Wildman–Crippen LogP) is 2.51. The Balaban J connectivity index is 2.05. The van der Waals surface area contributed by atoms with Gasteiger partial charge in [-0.25, -0.2) is 4.79 Å². The lowest BCUT2D eigenvalue weighted by Gasteiger charge is -2.16. The lowest BCUT2D eigenvalue weighted by molar-refractivity contribution is -0.384. The molecule has 1 amide bonds. The number of nitro groups is 1. The van der Waals surface area contributed by atoms with E-state index in [4.69, 9.17) is 9.47 Å². The molecule has 0 aliphatic carbocycles. The van der Waals surface area contributed by atoms with Crippen LogP contribution in [0.4, 0.5) is 11.4 Å². The predicted molar refractivity (Wildman–Crippen MR) is 107 cm³/mol. The molecule has 0 aliphatic rings. The summed E-state index contributed by atoms with van der Waals surface area (Å²) in [6.45, 7) is 2.50. The van der Waals surface area contributed by atoms with Gasteiger partial charge in [-0.05, 0) is 18.6 Å². The number of methoxy groups -OCH3 is 1. The largest absolute Gasteiger partial charge is 0.449 e. The molecule has 0 saturated heterocycles. The van der Waals surface area contributed by atoms with E-state index in [9.17, 15) is 19.7 Å². The number of hydrogen-bond donors (Lipinski definition) is 2.